The fourth-order valence-electron chi connectivity index (χ4n) is 4.24. The number of hydrogen-bond acceptors (Lipinski definition) is 6. The molecule has 36 heavy (non-hydrogen) atoms. The van der Waals surface area contributed by atoms with E-state index >= 15 is 0 Å². The van der Waals surface area contributed by atoms with Crippen LogP contribution in [0, 0.1) is 13.8 Å². The molecule has 2 aromatic carbocycles. The van der Waals surface area contributed by atoms with Crippen LogP contribution in [-0.2, 0) is 24.8 Å². The van der Waals surface area contributed by atoms with E-state index in [2.05, 4.69) is 5.32 Å². The number of benzene rings is 2. The SMILES string of the molecule is CC[C@H](C(=O)NCCOc1ccc(S(=O)(=O)N2CCCC2)cc1)N(c1cc(C)ccc1C)S(C)(=O)=O. The van der Waals surface area contributed by atoms with Gasteiger partial charge in [-0.3, -0.25) is 9.10 Å². The normalized spacial score (nSPS) is 15.4. The Morgan fingerprint density at radius 3 is 2.28 bits per heavy atom. The van der Waals surface area contributed by atoms with Gasteiger partial charge in [-0.1, -0.05) is 19.1 Å². The minimum atomic E-state index is -3.72. The Kier molecular flexibility index (Phi) is 9.02. The molecule has 0 radical (unpaired) electrons. The van der Waals surface area contributed by atoms with E-state index in [1.54, 1.807) is 25.1 Å². The average Bonchev–Trinajstić information content (AvgIpc) is 3.37. The van der Waals surface area contributed by atoms with Crippen molar-refractivity contribution >= 4 is 31.6 Å². The van der Waals surface area contributed by atoms with E-state index in [1.165, 1.54) is 20.7 Å². The highest BCUT2D eigenvalue weighted by Gasteiger charge is 2.32. The summed E-state index contributed by atoms with van der Waals surface area (Å²) in [6, 6.07) is 10.8. The molecule has 198 valence electrons. The Morgan fingerprint density at radius 1 is 1.06 bits per heavy atom. The molecule has 11 heteroatoms. The number of carbonyl (C=O) groups is 1. The minimum Gasteiger partial charge on any atom is -0.492 e. The standard InChI is InChI=1S/C25H35N3O6S2/c1-5-23(28(35(4,30)31)24-18-19(2)8-9-20(24)3)25(29)26-14-17-34-21-10-12-22(13-11-21)36(32,33)27-15-6-7-16-27/h8-13,18,23H,5-7,14-17H2,1-4H3,(H,26,29)/t23-/m1/s1. The molecule has 1 fully saturated rings. The van der Waals surface area contributed by atoms with Crippen molar-refractivity contribution in [1.82, 2.24) is 9.62 Å². The van der Waals surface area contributed by atoms with Gasteiger partial charge in [0.15, 0.2) is 0 Å². The highest BCUT2D eigenvalue weighted by Crippen LogP contribution is 2.27. The second-order valence-electron chi connectivity index (χ2n) is 8.99. The lowest BCUT2D eigenvalue weighted by atomic mass is 10.1. The van der Waals surface area contributed by atoms with Crippen molar-refractivity contribution in [3.8, 4) is 5.75 Å². The Hall–Kier alpha value is -2.63. The average molecular weight is 538 g/mol. The summed E-state index contributed by atoms with van der Waals surface area (Å²) >= 11 is 0. The zero-order valence-corrected chi connectivity index (χ0v) is 22.9. The van der Waals surface area contributed by atoms with Gasteiger partial charge in [0.1, 0.15) is 18.4 Å². The number of ether oxygens (including phenoxy) is 1. The van der Waals surface area contributed by atoms with Crippen LogP contribution in [0.15, 0.2) is 47.4 Å². The van der Waals surface area contributed by atoms with Gasteiger partial charge in [0.2, 0.25) is 26.0 Å². The van der Waals surface area contributed by atoms with Gasteiger partial charge in [-0.2, -0.15) is 4.31 Å². The zero-order valence-electron chi connectivity index (χ0n) is 21.2. The number of nitrogens with zero attached hydrogens (tertiary/aromatic N) is 2. The zero-order chi connectivity index (χ0) is 26.5. The molecule has 0 saturated carbocycles. The molecule has 1 aliphatic heterocycles. The largest absolute Gasteiger partial charge is 0.492 e. The van der Waals surface area contributed by atoms with Crippen molar-refractivity contribution in [2.24, 2.45) is 0 Å². The maximum Gasteiger partial charge on any atom is 0.244 e. The molecule has 2 aromatic rings. The first kappa shape index (κ1) is 27.9. The van der Waals surface area contributed by atoms with Gasteiger partial charge in [0.05, 0.1) is 23.4 Å². The summed E-state index contributed by atoms with van der Waals surface area (Å²) in [5.41, 5.74) is 2.14. The van der Waals surface area contributed by atoms with E-state index in [0.29, 0.717) is 30.9 Å². The molecular formula is C25H35N3O6S2. The molecule has 0 bridgehead atoms. The van der Waals surface area contributed by atoms with Crippen LogP contribution < -0.4 is 14.4 Å². The van der Waals surface area contributed by atoms with E-state index in [1.807, 2.05) is 26.0 Å². The lowest BCUT2D eigenvalue weighted by molar-refractivity contribution is -0.122. The second-order valence-corrected chi connectivity index (χ2v) is 12.8. The summed E-state index contributed by atoms with van der Waals surface area (Å²) < 4.78 is 58.9. The Morgan fingerprint density at radius 2 is 1.69 bits per heavy atom. The predicted octanol–water partition coefficient (Wildman–Crippen LogP) is 2.83. The minimum absolute atomic E-state index is 0.142. The quantitative estimate of drug-likeness (QED) is 0.441. The van der Waals surface area contributed by atoms with Crippen molar-refractivity contribution in [2.75, 3.05) is 36.8 Å². The van der Waals surface area contributed by atoms with Crippen LogP contribution in [0.2, 0.25) is 0 Å². The van der Waals surface area contributed by atoms with E-state index in [0.717, 1.165) is 30.2 Å². The van der Waals surface area contributed by atoms with Crippen LogP contribution in [0.5, 0.6) is 5.75 Å². The smallest absolute Gasteiger partial charge is 0.244 e. The van der Waals surface area contributed by atoms with Gasteiger partial charge in [-0.05, 0) is 74.6 Å². The third-order valence-electron chi connectivity index (χ3n) is 6.13. The van der Waals surface area contributed by atoms with Crippen LogP contribution in [-0.4, -0.2) is 65.6 Å². The number of nitrogens with one attached hydrogen (secondary N) is 1. The molecule has 3 rings (SSSR count). The number of anilines is 1. The van der Waals surface area contributed by atoms with E-state index < -0.39 is 32.0 Å². The van der Waals surface area contributed by atoms with Gasteiger partial charge < -0.3 is 10.1 Å². The van der Waals surface area contributed by atoms with Crippen molar-refractivity contribution in [3.63, 3.8) is 0 Å². The van der Waals surface area contributed by atoms with Crippen LogP contribution in [0.1, 0.15) is 37.3 Å². The fourth-order valence-corrected chi connectivity index (χ4v) is 7.02. The highest BCUT2D eigenvalue weighted by atomic mass is 32.2. The highest BCUT2D eigenvalue weighted by molar-refractivity contribution is 7.92. The molecular weight excluding hydrogens is 502 g/mol. The lowest BCUT2D eigenvalue weighted by Crippen LogP contribution is -2.50. The predicted molar refractivity (Wildman–Crippen MR) is 140 cm³/mol. The summed E-state index contributed by atoms with van der Waals surface area (Å²) in [4.78, 5) is 13.2. The van der Waals surface area contributed by atoms with Gasteiger partial charge in [-0.15, -0.1) is 0 Å². The summed E-state index contributed by atoms with van der Waals surface area (Å²) in [7, 11) is -7.21. The van der Waals surface area contributed by atoms with Crippen LogP contribution in [0.3, 0.4) is 0 Å². The number of hydrogen-bond donors (Lipinski definition) is 1. The summed E-state index contributed by atoms with van der Waals surface area (Å²) in [5.74, 6) is 0.0595. The summed E-state index contributed by atoms with van der Waals surface area (Å²) in [6.45, 7) is 6.83. The number of sulfonamides is 2. The van der Waals surface area contributed by atoms with Gasteiger partial charge >= 0.3 is 0 Å². The molecule has 0 aliphatic carbocycles. The first-order valence-electron chi connectivity index (χ1n) is 12.0. The fraction of sp³-hybridized carbons (Fsp3) is 0.480. The third-order valence-corrected chi connectivity index (χ3v) is 9.21. The third kappa shape index (κ3) is 6.57. The van der Waals surface area contributed by atoms with E-state index in [4.69, 9.17) is 4.74 Å². The molecule has 1 atom stereocenters. The monoisotopic (exact) mass is 537 g/mol. The molecule has 0 unspecified atom stereocenters. The molecule has 0 aromatic heterocycles. The summed E-state index contributed by atoms with van der Waals surface area (Å²) in [5, 5.41) is 2.76. The van der Waals surface area contributed by atoms with E-state index in [-0.39, 0.29) is 18.0 Å². The summed E-state index contributed by atoms with van der Waals surface area (Å²) in [6.07, 6.45) is 3.14. The molecule has 0 spiro atoms. The van der Waals surface area contributed by atoms with Crippen LogP contribution in [0.25, 0.3) is 0 Å². The number of aryl methyl sites for hydroxylation is 2. The molecule has 1 N–H and O–H groups in total. The Bertz CT molecular complexity index is 1270. The molecule has 1 aliphatic rings. The number of amides is 1. The van der Waals surface area contributed by atoms with Gasteiger partial charge in [0, 0.05) is 13.1 Å². The first-order valence-corrected chi connectivity index (χ1v) is 15.3. The Balaban J connectivity index is 1.60. The number of carbonyl (C=O) groups excluding carboxylic acids is 1. The Labute approximate surface area is 214 Å². The van der Waals surface area contributed by atoms with Crippen molar-refractivity contribution < 1.29 is 26.4 Å². The van der Waals surface area contributed by atoms with Crippen molar-refractivity contribution in [1.29, 1.82) is 0 Å². The molecule has 1 amide bonds. The topological polar surface area (TPSA) is 113 Å². The van der Waals surface area contributed by atoms with Crippen LogP contribution >= 0.6 is 0 Å². The lowest BCUT2D eigenvalue weighted by Gasteiger charge is -2.31. The number of rotatable bonds is 11. The van der Waals surface area contributed by atoms with E-state index in [9.17, 15) is 21.6 Å². The van der Waals surface area contributed by atoms with Gasteiger partial charge in [0.25, 0.3) is 0 Å². The van der Waals surface area contributed by atoms with Gasteiger partial charge in [-0.25, -0.2) is 16.8 Å². The molecule has 9 nitrogen and oxygen atoms in total. The second kappa shape index (κ2) is 11.6. The molecule has 1 heterocycles. The maximum absolute atomic E-state index is 13.0. The molecule has 1 saturated heterocycles. The first-order chi connectivity index (χ1) is 16.9. The van der Waals surface area contributed by atoms with Crippen LogP contribution in [0.4, 0.5) is 5.69 Å². The van der Waals surface area contributed by atoms with Crippen molar-refractivity contribution in [3.05, 3.63) is 53.6 Å². The maximum atomic E-state index is 13.0. The van der Waals surface area contributed by atoms with Crippen molar-refractivity contribution in [2.45, 2.75) is 51.0 Å².